The molecule has 3 aromatic rings. The Morgan fingerprint density at radius 2 is 1.67 bits per heavy atom. The number of hydroxylamine groups is 2. The molecular formula is C31H37N5O6. The molecule has 0 bridgehead atoms. The summed E-state index contributed by atoms with van der Waals surface area (Å²) in [6, 6.07) is 14.3. The number of aryl methyl sites for hydroxylation is 1. The van der Waals surface area contributed by atoms with E-state index in [0.29, 0.717) is 42.7 Å². The van der Waals surface area contributed by atoms with Gasteiger partial charge in [-0.25, -0.2) is 9.48 Å². The number of nitrogens with zero attached hydrogens (tertiary/aromatic N) is 3. The number of aromatic nitrogens is 2. The molecule has 1 saturated carbocycles. The minimum Gasteiger partial charge on any atom is -0.473 e. The molecule has 2 fully saturated rings. The zero-order valence-electron chi connectivity index (χ0n) is 24.4. The van der Waals surface area contributed by atoms with Crippen LogP contribution in [0.3, 0.4) is 0 Å². The van der Waals surface area contributed by atoms with Crippen molar-refractivity contribution in [3.05, 3.63) is 70.8 Å². The Morgan fingerprint density at radius 3 is 2.31 bits per heavy atom. The minimum absolute atomic E-state index is 0.111. The number of anilines is 1. The Kier molecular flexibility index (Phi) is 8.22. The van der Waals surface area contributed by atoms with Crippen LogP contribution in [-0.4, -0.2) is 63.5 Å². The van der Waals surface area contributed by atoms with Crippen LogP contribution in [0.1, 0.15) is 78.3 Å². The molecule has 2 aromatic carbocycles. The first-order valence-electron chi connectivity index (χ1n) is 14.2. The third kappa shape index (κ3) is 6.91. The SMILES string of the molecule is Cc1ccc(C(=O)NC2CC2)cc1-n1nc(OC2CCN(OC(=O)OC(C)(C)C)CC2)c(C(=O)c2ccccc2)c1N. The highest BCUT2D eigenvalue weighted by Crippen LogP contribution is 2.33. The number of benzene rings is 2. The monoisotopic (exact) mass is 575 g/mol. The van der Waals surface area contributed by atoms with E-state index >= 15 is 0 Å². The number of carbonyl (C=O) groups is 3. The quantitative estimate of drug-likeness (QED) is 0.292. The predicted molar refractivity (Wildman–Crippen MR) is 156 cm³/mol. The molecule has 5 rings (SSSR count). The van der Waals surface area contributed by atoms with Crippen molar-refractivity contribution in [2.45, 2.75) is 71.1 Å². The van der Waals surface area contributed by atoms with Gasteiger partial charge in [-0.15, -0.1) is 10.2 Å². The Balaban J connectivity index is 1.40. The fourth-order valence-corrected chi connectivity index (χ4v) is 4.67. The molecule has 1 amide bonds. The van der Waals surface area contributed by atoms with Crippen LogP contribution in [0.4, 0.5) is 10.6 Å². The minimum atomic E-state index is -0.757. The highest BCUT2D eigenvalue weighted by Gasteiger charge is 2.31. The van der Waals surface area contributed by atoms with Crippen molar-refractivity contribution in [1.82, 2.24) is 20.2 Å². The van der Waals surface area contributed by atoms with Gasteiger partial charge in [0.1, 0.15) is 23.1 Å². The van der Waals surface area contributed by atoms with Crippen molar-refractivity contribution in [2.24, 2.45) is 0 Å². The molecule has 11 heteroatoms. The molecule has 0 atom stereocenters. The summed E-state index contributed by atoms with van der Waals surface area (Å²) < 4.78 is 13.0. The highest BCUT2D eigenvalue weighted by atomic mass is 16.8. The van der Waals surface area contributed by atoms with E-state index in [0.717, 1.165) is 18.4 Å². The second-order valence-corrected chi connectivity index (χ2v) is 11.7. The Labute approximate surface area is 244 Å². The third-order valence-electron chi connectivity index (χ3n) is 7.04. The molecule has 2 aliphatic rings. The summed E-state index contributed by atoms with van der Waals surface area (Å²) in [5.41, 5.74) is 8.44. The molecule has 1 saturated heterocycles. The standard InChI is InChI=1S/C31H37N5O6/c1-19-10-11-21(28(38)33-22-12-13-22)18-24(19)36-27(32)25(26(37)20-8-6-5-7-9-20)29(34-36)40-23-14-16-35(17-15-23)42-30(39)41-31(2,3)4/h5-11,18,22-23H,12-17,32H2,1-4H3,(H,33,38). The number of piperidine rings is 1. The summed E-state index contributed by atoms with van der Waals surface area (Å²) in [4.78, 5) is 43.9. The maximum atomic E-state index is 13.7. The molecule has 1 aliphatic carbocycles. The van der Waals surface area contributed by atoms with Crippen molar-refractivity contribution in [3.8, 4) is 11.6 Å². The van der Waals surface area contributed by atoms with Gasteiger partial charge in [0, 0.05) is 43.1 Å². The van der Waals surface area contributed by atoms with Gasteiger partial charge in [-0.1, -0.05) is 36.4 Å². The molecule has 0 spiro atoms. The summed E-state index contributed by atoms with van der Waals surface area (Å²) in [7, 11) is 0. The lowest BCUT2D eigenvalue weighted by Gasteiger charge is -2.30. The van der Waals surface area contributed by atoms with Gasteiger partial charge in [-0.2, -0.15) is 0 Å². The van der Waals surface area contributed by atoms with Crippen molar-refractivity contribution < 1.29 is 28.7 Å². The first kappa shape index (κ1) is 29.1. The number of hydrogen-bond donors (Lipinski definition) is 2. The Morgan fingerprint density at radius 1 is 0.976 bits per heavy atom. The Hall–Kier alpha value is -4.38. The second-order valence-electron chi connectivity index (χ2n) is 11.7. The number of nitrogens with two attached hydrogens (primary N) is 1. The summed E-state index contributed by atoms with van der Waals surface area (Å²) in [6.07, 6.45) is 1.94. The van der Waals surface area contributed by atoms with Gasteiger partial charge in [0.05, 0.1) is 5.69 Å². The number of carbonyl (C=O) groups excluding carboxylic acids is 3. The normalized spacial score (nSPS) is 16.1. The fourth-order valence-electron chi connectivity index (χ4n) is 4.67. The number of rotatable bonds is 8. The summed E-state index contributed by atoms with van der Waals surface area (Å²) in [5.74, 6) is -0.255. The molecule has 0 unspecified atom stereocenters. The zero-order chi connectivity index (χ0) is 30.0. The molecule has 1 aromatic heterocycles. The maximum absolute atomic E-state index is 13.7. The summed E-state index contributed by atoms with van der Waals surface area (Å²) in [6.45, 7) is 8.04. The average Bonchev–Trinajstić information content (AvgIpc) is 3.70. The van der Waals surface area contributed by atoms with E-state index in [1.165, 1.54) is 4.68 Å². The van der Waals surface area contributed by atoms with Crippen molar-refractivity contribution in [2.75, 3.05) is 18.8 Å². The van der Waals surface area contributed by atoms with Crippen LogP contribution in [0.25, 0.3) is 5.69 Å². The van der Waals surface area contributed by atoms with Crippen molar-refractivity contribution in [1.29, 1.82) is 0 Å². The topological polar surface area (TPSA) is 138 Å². The molecule has 1 aliphatic heterocycles. The van der Waals surface area contributed by atoms with E-state index in [1.54, 1.807) is 62.2 Å². The van der Waals surface area contributed by atoms with E-state index < -0.39 is 11.8 Å². The van der Waals surface area contributed by atoms with Crippen LogP contribution in [0, 0.1) is 6.92 Å². The number of hydrogen-bond acceptors (Lipinski definition) is 9. The second kappa shape index (κ2) is 11.8. The molecule has 0 radical (unpaired) electrons. The van der Waals surface area contributed by atoms with Gasteiger partial charge in [0.15, 0.2) is 0 Å². The number of ketones is 1. The average molecular weight is 576 g/mol. The maximum Gasteiger partial charge on any atom is 0.528 e. The molecule has 2 heterocycles. The number of ether oxygens (including phenoxy) is 2. The zero-order valence-corrected chi connectivity index (χ0v) is 24.4. The number of nitrogens with one attached hydrogen (secondary N) is 1. The fraction of sp³-hybridized carbons (Fsp3) is 0.419. The summed E-state index contributed by atoms with van der Waals surface area (Å²) >= 11 is 0. The van der Waals surface area contributed by atoms with Gasteiger partial charge < -0.3 is 25.4 Å². The van der Waals surface area contributed by atoms with Crippen LogP contribution in [-0.2, 0) is 9.57 Å². The van der Waals surface area contributed by atoms with E-state index in [1.807, 2.05) is 19.1 Å². The lowest BCUT2D eigenvalue weighted by Crippen LogP contribution is -2.40. The van der Waals surface area contributed by atoms with Gasteiger partial charge in [0.2, 0.25) is 11.7 Å². The number of amides is 1. The predicted octanol–water partition coefficient (Wildman–Crippen LogP) is 4.60. The summed E-state index contributed by atoms with van der Waals surface area (Å²) in [5, 5.41) is 9.20. The van der Waals surface area contributed by atoms with Crippen molar-refractivity contribution in [3.63, 3.8) is 0 Å². The highest BCUT2D eigenvalue weighted by molar-refractivity contribution is 6.13. The van der Waals surface area contributed by atoms with Crippen LogP contribution < -0.4 is 15.8 Å². The van der Waals surface area contributed by atoms with Gasteiger partial charge >= 0.3 is 6.16 Å². The first-order valence-corrected chi connectivity index (χ1v) is 14.2. The first-order chi connectivity index (χ1) is 20.0. The van der Waals surface area contributed by atoms with Gasteiger partial charge in [-0.05, 0) is 58.2 Å². The third-order valence-corrected chi connectivity index (χ3v) is 7.04. The van der Waals surface area contributed by atoms with Gasteiger partial charge in [0.25, 0.3) is 5.91 Å². The lowest BCUT2D eigenvalue weighted by atomic mass is 10.0. The molecule has 3 N–H and O–H groups in total. The van der Waals surface area contributed by atoms with E-state index in [9.17, 15) is 14.4 Å². The van der Waals surface area contributed by atoms with Gasteiger partial charge in [-0.3, -0.25) is 9.59 Å². The van der Waals surface area contributed by atoms with E-state index in [-0.39, 0.29) is 41.1 Å². The van der Waals surface area contributed by atoms with E-state index in [2.05, 4.69) is 10.4 Å². The number of nitrogen functional groups attached to an aromatic ring is 1. The van der Waals surface area contributed by atoms with Crippen LogP contribution >= 0.6 is 0 Å². The van der Waals surface area contributed by atoms with Crippen LogP contribution in [0.2, 0.25) is 0 Å². The van der Waals surface area contributed by atoms with Crippen LogP contribution in [0.5, 0.6) is 5.88 Å². The molecule has 11 nitrogen and oxygen atoms in total. The smallest absolute Gasteiger partial charge is 0.473 e. The molecule has 222 valence electrons. The van der Waals surface area contributed by atoms with E-state index in [4.69, 9.17) is 20.0 Å². The molecular weight excluding hydrogens is 538 g/mol. The molecule has 42 heavy (non-hydrogen) atoms. The largest absolute Gasteiger partial charge is 0.528 e. The van der Waals surface area contributed by atoms with Crippen LogP contribution in [0.15, 0.2) is 48.5 Å². The Bertz CT molecular complexity index is 1470. The van der Waals surface area contributed by atoms with Crippen molar-refractivity contribution >= 4 is 23.7 Å². The lowest BCUT2D eigenvalue weighted by molar-refractivity contribution is -0.159.